The molecule has 1 heterocycles. The van der Waals surface area contributed by atoms with Gasteiger partial charge in [-0.25, -0.2) is 9.59 Å². The highest BCUT2D eigenvalue weighted by Gasteiger charge is 2.22. The van der Waals surface area contributed by atoms with Crippen LogP contribution in [0.1, 0.15) is 25.1 Å². The first kappa shape index (κ1) is 22.4. The number of carbonyl (C=O) groups excluding carboxylic acids is 2. The van der Waals surface area contributed by atoms with Crippen LogP contribution in [0.5, 0.6) is 5.75 Å². The topological polar surface area (TPSA) is 79.1 Å². The van der Waals surface area contributed by atoms with Crippen molar-refractivity contribution in [1.82, 2.24) is 4.57 Å². The molecule has 0 N–H and O–H groups in total. The average molecular weight is 443 g/mol. The van der Waals surface area contributed by atoms with Gasteiger partial charge in [-0.3, -0.25) is 0 Å². The molecule has 1 aromatic heterocycles. The van der Waals surface area contributed by atoms with Gasteiger partial charge in [0.05, 0.1) is 12.3 Å². The summed E-state index contributed by atoms with van der Waals surface area (Å²) in [5, 5.41) is 5.32. The van der Waals surface area contributed by atoms with E-state index in [-0.39, 0.29) is 25.3 Å². The van der Waals surface area contributed by atoms with Crippen molar-refractivity contribution in [2.24, 2.45) is 12.2 Å². The molecule has 0 aliphatic carbocycles. The van der Waals surface area contributed by atoms with Crippen LogP contribution in [0.4, 0.5) is 0 Å². The zero-order chi connectivity index (χ0) is 22.4. The molecule has 0 amide bonds. The number of fused-ring (bicyclic) bond motifs is 1. The first-order chi connectivity index (χ1) is 14.9. The van der Waals surface area contributed by atoms with Gasteiger partial charge in [0.25, 0.3) is 0 Å². The average Bonchev–Trinajstić information content (AvgIpc) is 3.02. The largest absolute Gasteiger partial charge is 0.487 e. The first-order valence-electron chi connectivity index (χ1n) is 9.75. The van der Waals surface area contributed by atoms with E-state index in [0.717, 1.165) is 22.2 Å². The summed E-state index contributed by atoms with van der Waals surface area (Å²) < 4.78 is 13.1. The Bertz CT molecular complexity index is 1120. The standard InChI is InChI=1S/C23H23ClN2O5/c1-4-29-23(28)20(25-31-15(2)27)13-19-18-7-5-6-8-21(18)26(3)22(19)14-30-17-11-9-16(24)10-12-17/h5-12H,4,13-14H2,1-3H3/b25-20-. The van der Waals surface area contributed by atoms with Crippen LogP contribution in [-0.4, -0.2) is 28.8 Å². The third-order valence-electron chi connectivity index (χ3n) is 4.67. The monoisotopic (exact) mass is 442 g/mol. The highest BCUT2D eigenvalue weighted by Crippen LogP contribution is 2.28. The predicted molar refractivity (Wildman–Crippen MR) is 118 cm³/mol. The molecule has 0 saturated carbocycles. The molecule has 8 heteroatoms. The lowest BCUT2D eigenvalue weighted by atomic mass is 10.0. The number of ether oxygens (including phenoxy) is 2. The minimum absolute atomic E-state index is 0.00106. The summed E-state index contributed by atoms with van der Waals surface area (Å²) in [6.45, 7) is 3.35. The molecule has 0 aliphatic rings. The number of hydrogen-bond donors (Lipinski definition) is 0. The number of carbonyl (C=O) groups is 2. The van der Waals surface area contributed by atoms with Gasteiger partial charge >= 0.3 is 11.9 Å². The number of hydrogen-bond acceptors (Lipinski definition) is 6. The fraction of sp³-hybridized carbons (Fsp3) is 0.261. The Hall–Kier alpha value is -3.32. The Morgan fingerprint density at radius 3 is 2.48 bits per heavy atom. The maximum atomic E-state index is 12.4. The van der Waals surface area contributed by atoms with Crippen LogP contribution in [0, 0.1) is 0 Å². The van der Waals surface area contributed by atoms with E-state index >= 15 is 0 Å². The molecule has 7 nitrogen and oxygen atoms in total. The smallest absolute Gasteiger partial charge is 0.356 e. The van der Waals surface area contributed by atoms with E-state index in [4.69, 9.17) is 25.9 Å². The summed E-state index contributed by atoms with van der Waals surface area (Å²) in [6, 6.07) is 14.9. The van der Waals surface area contributed by atoms with Crippen LogP contribution in [0.25, 0.3) is 10.9 Å². The molecule has 0 radical (unpaired) electrons. The zero-order valence-electron chi connectivity index (χ0n) is 17.6. The highest BCUT2D eigenvalue weighted by molar-refractivity contribution is 6.37. The lowest BCUT2D eigenvalue weighted by molar-refractivity contribution is -0.141. The van der Waals surface area contributed by atoms with E-state index < -0.39 is 11.9 Å². The van der Waals surface area contributed by atoms with Crippen molar-refractivity contribution in [1.29, 1.82) is 0 Å². The summed E-state index contributed by atoms with van der Waals surface area (Å²) in [7, 11) is 1.93. The Kier molecular flexibility index (Phi) is 7.31. The van der Waals surface area contributed by atoms with E-state index in [1.165, 1.54) is 6.92 Å². The van der Waals surface area contributed by atoms with Crippen molar-refractivity contribution in [3.63, 3.8) is 0 Å². The van der Waals surface area contributed by atoms with E-state index in [0.29, 0.717) is 10.8 Å². The molecule has 162 valence electrons. The molecule has 0 bridgehead atoms. The number of aromatic nitrogens is 1. The molecule has 3 aromatic rings. The molecular weight excluding hydrogens is 420 g/mol. The van der Waals surface area contributed by atoms with Crippen LogP contribution >= 0.6 is 11.6 Å². The lowest BCUT2D eigenvalue weighted by Gasteiger charge is -2.11. The molecular formula is C23H23ClN2O5. The minimum atomic E-state index is -0.638. The molecule has 31 heavy (non-hydrogen) atoms. The van der Waals surface area contributed by atoms with Gasteiger partial charge in [0.2, 0.25) is 0 Å². The maximum Gasteiger partial charge on any atom is 0.356 e. The number of benzene rings is 2. The van der Waals surface area contributed by atoms with Crippen LogP contribution in [0.2, 0.25) is 5.02 Å². The first-order valence-corrected chi connectivity index (χ1v) is 10.1. The minimum Gasteiger partial charge on any atom is -0.487 e. The molecule has 3 rings (SSSR count). The third kappa shape index (κ3) is 5.44. The Morgan fingerprint density at radius 2 is 1.81 bits per heavy atom. The Morgan fingerprint density at radius 1 is 1.10 bits per heavy atom. The second-order valence-corrected chi connectivity index (χ2v) is 7.20. The van der Waals surface area contributed by atoms with Crippen LogP contribution in [0.15, 0.2) is 53.7 Å². The summed E-state index contributed by atoms with van der Waals surface area (Å²) in [6.07, 6.45) is 0.118. The summed E-state index contributed by atoms with van der Waals surface area (Å²) in [5.74, 6) is -0.591. The van der Waals surface area contributed by atoms with Gasteiger partial charge in [0.15, 0.2) is 5.71 Å². The van der Waals surface area contributed by atoms with Gasteiger partial charge in [-0.1, -0.05) is 35.0 Å². The number of rotatable bonds is 8. The van der Waals surface area contributed by atoms with E-state index in [2.05, 4.69) is 5.16 Å². The van der Waals surface area contributed by atoms with Gasteiger partial charge in [-0.15, -0.1) is 0 Å². The van der Waals surface area contributed by atoms with Crippen molar-refractivity contribution >= 4 is 40.2 Å². The van der Waals surface area contributed by atoms with Crippen LogP contribution in [0.3, 0.4) is 0 Å². The lowest BCUT2D eigenvalue weighted by Crippen LogP contribution is -2.21. The van der Waals surface area contributed by atoms with E-state index in [1.54, 1.807) is 31.2 Å². The van der Waals surface area contributed by atoms with Gasteiger partial charge in [-0.05, 0) is 42.8 Å². The molecule has 0 atom stereocenters. The van der Waals surface area contributed by atoms with Crippen molar-refractivity contribution in [2.45, 2.75) is 26.9 Å². The predicted octanol–water partition coefficient (Wildman–Crippen LogP) is 4.44. The number of halogens is 1. The van der Waals surface area contributed by atoms with Crippen molar-refractivity contribution in [2.75, 3.05) is 6.61 Å². The fourth-order valence-electron chi connectivity index (χ4n) is 3.23. The van der Waals surface area contributed by atoms with Crippen molar-refractivity contribution in [3.8, 4) is 5.75 Å². The van der Waals surface area contributed by atoms with Crippen LogP contribution in [-0.2, 0) is 39.2 Å². The number of esters is 1. The highest BCUT2D eigenvalue weighted by atomic mass is 35.5. The summed E-state index contributed by atoms with van der Waals surface area (Å²) in [5.41, 5.74) is 2.67. The van der Waals surface area contributed by atoms with Gasteiger partial charge in [0, 0.05) is 36.3 Å². The number of para-hydroxylation sites is 1. The van der Waals surface area contributed by atoms with Crippen LogP contribution < -0.4 is 4.74 Å². The summed E-state index contributed by atoms with van der Waals surface area (Å²) >= 11 is 5.94. The normalized spacial score (nSPS) is 11.4. The molecule has 0 unspecified atom stereocenters. The molecule has 2 aromatic carbocycles. The van der Waals surface area contributed by atoms with Gasteiger partial charge in [0.1, 0.15) is 12.4 Å². The zero-order valence-corrected chi connectivity index (χ0v) is 18.3. The third-order valence-corrected chi connectivity index (χ3v) is 4.92. The fourth-order valence-corrected chi connectivity index (χ4v) is 3.36. The van der Waals surface area contributed by atoms with Gasteiger partial charge < -0.3 is 18.9 Å². The number of nitrogens with zero attached hydrogens (tertiary/aromatic N) is 2. The Balaban J connectivity index is 1.99. The maximum absolute atomic E-state index is 12.4. The molecule has 0 spiro atoms. The SMILES string of the molecule is CCOC(=O)/C(Cc1c(COc2ccc(Cl)cc2)n(C)c2ccccc12)=N\OC(C)=O. The van der Waals surface area contributed by atoms with E-state index in [9.17, 15) is 9.59 Å². The Labute approximate surface area is 185 Å². The van der Waals surface area contributed by atoms with Gasteiger partial charge in [-0.2, -0.15) is 0 Å². The van der Waals surface area contributed by atoms with Crippen molar-refractivity contribution in [3.05, 3.63) is 64.8 Å². The second-order valence-electron chi connectivity index (χ2n) is 6.76. The van der Waals surface area contributed by atoms with Crippen molar-refractivity contribution < 1.29 is 23.9 Å². The molecule has 0 saturated heterocycles. The summed E-state index contributed by atoms with van der Waals surface area (Å²) in [4.78, 5) is 28.4. The quantitative estimate of drug-likeness (QED) is 0.223. The molecule has 0 aliphatic heterocycles. The number of aryl methyl sites for hydroxylation is 1. The second kappa shape index (κ2) is 10.1. The number of oxime groups is 1. The molecule has 0 fully saturated rings. The van der Waals surface area contributed by atoms with E-state index in [1.807, 2.05) is 35.9 Å².